The lowest BCUT2D eigenvalue weighted by atomic mass is 9.96. The molecule has 1 aromatic carbocycles. The molecule has 2 rings (SSSR count). The summed E-state index contributed by atoms with van der Waals surface area (Å²) in [4.78, 5) is 23.6. The number of anilines is 1. The fourth-order valence-corrected chi connectivity index (χ4v) is 2.67. The summed E-state index contributed by atoms with van der Waals surface area (Å²) in [6.07, 6.45) is -4.74. The molecule has 2 amide bonds. The molecule has 2 atom stereocenters. The number of nitrogens with one attached hydrogen (secondary N) is 1. The second-order valence-corrected chi connectivity index (χ2v) is 5.97. The van der Waals surface area contributed by atoms with Gasteiger partial charge in [-0.05, 0) is 18.2 Å². The molecule has 126 valence electrons. The summed E-state index contributed by atoms with van der Waals surface area (Å²) in [5.74, 6) is -6.29. The van der Waals surface area contributed by atoms with Gasteiger partial charge in [0, 0.05) is 17.6 Å². The summed E-state index contributed by atoms with van der Waals surface area (Å²) < 4.78 is 52.6. The quantitative estimate of drug-likeness (QED) is 0.750. The third-order valence-corrected chi connectivity index (χ3v) is 4.01. The third kappa shape index (κ3) is 3.92. The molecule has 2 N–H and O–H groups in total. The molecule has 0 radical (unpaired) electrons. The molecule has 1 aromatic rings. The second kappa shape index (κ2) is 6.34. The van der Waals surface area contributed by atoms with E-state index < -0.39 is 48.9 Å². The fraction of sp³-hybridized carbons (Fsp3) is 0.385. The van der Waals surface area contributed by atoms with Crippen LogP contribution in [0.2, 0.25) is 0 Å². The summed E-state index contributed by atoms with van der Waals surface area (Å²) >= 11 is 3.03. The van der Waals surface area contributed by atoms with E-state index in [1.54, 1.807) is 0 Å². The Hall–Kier alpha value is -1.84. The van der Waals surface area contributed by atoms with Gasteiger partial charge in [-0.2, -0.15) is 13.2 Å². The van der Waals surface area contributed by atoms with Crippen LogP contribution in [0.3, 0.4) is 0 Å². The van der Waals surface area contributed by atoms with E-state index in [4.69, 9.17) is 5.11 Å². The molecule has 0 aliphatic carbocycles. The molecular weight excluding hydrogens is 388 g/mol. The molecule has 1 fully saturated rings. The standard InChI is InChI=1S/C13H11BrF4N2O3/c14-6-1-2-10(9(15)3-6)19-12(23)20-4-7(11(21)22)8(5-20)13(16,17)18/h1-3,7-8H,4-5H2,(H,19,23)(H,21,22)/t7-,8-/m1/s1. The Bertz CT molecular complexity index is 638. The lowest BCUT2D eigenvalue weighted by Crippen LogP contribution is -2.35. The number of alkyl halides is 3. The minimum Gasteiger partial charge on any atom is -0.481 e. The zero-order chi connectivity index (χ0) is 17.4. The SMILES string of the molecule is O=C(O)[C@@H]1CN(C(=O)Nc2ccc(Br)cc2F)C[C@H]1C(F)(F)F. The predicted octanol–water partition coefficient (Wildman–Crippen LogP) is 3.32. The van der Waals surface area contributed by atoms with Gasteiger partial charge in [0.1, 0.15) is 5.82 Å². The maximum Gasteiger partial charge on any atom is 0.394 e. The lowest BCUT2D eigenvalue weighted by molar-refractivity contribution is -0.187. The number of aliphatic carboxylic acids is 1. The molecule has 0 saturated carbocycles. The van der Waals surface area contributed by atoms with Crippen LogP contribution < -0.4 is 5.32 Å². The highest BCUT2D eigenvalue weighted by atomic mass is 79.9. The first-order valence-corrected chi connectivity index (χ1v) is 7.19. The normalized spacial score (nSPS) is 21.3. The van der Waals surface area contributed by atoms with Crippen LogP contribution in [0.5, 0.6) is 0 Å². The maximum absolute atomic E-state index is 13.6. The highest BCUT2D eigenvalue weighted by molar-refractivity contribution is 9.10. The first-order chi connectivity index (χ1) is 10.6. The molecule has 1 aliphatic heterocycles. The van der Waals surface area contributed by atoms with Gasteiger partial charge >= 0.3 is 18.2 Å². The summed E-state index contributed by atoms with van der Waals surface area (Å²) in [5, 5.41) is 11.0. The van der Waals surface area contributed by atoms with E-state index in [1.807, 2.05) is 0 Å². The molecule has 5 nitrogen and oxygen atoms in total. The van der Waals surface area contributed by atoms with Gasteiger partial charge in [-0.15, -0.1) is 0 Å². The zero-order valence-corrected chi connectivity index (χ0v) is 13.0. The van der Waals surface area contributed by atoms with Crippen LogP contribution in [-0.2, 0) is 4.79 Å². The van der Waals surface area contributed by atoms with Crippen LogP contribution in [0.25, 0.3) is 0 Å². The second-order valence-electron chi connectivity index (χ2n) is 5.05. The van der Waals surface area contributed by atoms with E-state index in [0.29, 0.717) is 4.47 Å². The number of rotatable bonds is 2. The molecule has 0 aromatic heterocycles. The molecular formula is C13H11BrF4N2O3. The average Bonchev–Trinajstić information content (AvgIpc) is 2.87. The van der Waals surface area contributed by atoms with Crippen LogP contribution >= 0.6 is 15.9 Å². The van der Waals surface area contributed by atoms with E-state index in [9.17, 15) is 27.2 Å². The Balaban J connectivity index is 2.13. The number of benzene rings is 1. The zero-order valence-electron chi connectivity index (χ0n) is 11.4. The smallest absolute Gasteiger partial charge is 0.394 e. The van der Waals surface area contributed by atoms with Crippen molar-refractivity contribution >= 4 is 33.6 Å². The van der Waals surface area contributed by atoms with Crippen molar-refractivity contribution in [3.05, 3.63) is 28.5 Å². The monoisotopic (exact) mass is 398 g/mol. The van der Waals surface area contributed by atoms with E-state index in [2.05, 4.69) is 21.2 Å². The van der Waals surface area contributed by atoms with Crippen LogP contribution in [0, 0.1) is 17.7 Å². The molecule has 1 aliphatic rings. The van der Waals surface area contributed by atoms with Crippen LogP contribution in [0.4, 0.5) is 28.0 Å². The van der Waals surface area contributed by atoms with Crippen molar-refractivity contribution in [2.75, 3.05) is 18.4 Å². The number of urea groups is 1. The molecule has 10 heteroatoms. The molecule has 0 bridgehead atoms. The number of carbonyl (C=O) groups excluding carboxylic acids is 1. The number of halogens is 5. The molecule has 0 spiro atoms. The number of hydrogen-bond acceptors (Lipinski definition) is 2. The van der Waals surface area contributed by atoms with Gasteiger partial charge < -0.3 is 15.3 Å². The van der Waals surface area contributed by atoms with Crippen molar-refractivity contribution in [3.63, 3.8) is 0 Å². The lowest BCUT2D eigenvalue weighted by Gasteiger charge is -2.19. The Kier molecular flexibility index (Phi) is 4.83. The van der Waals surface area contributed by atoms with Crippen molar-refractivity contribution in [1.29, 1.82) is 0 Å². The fourth-order valence-electron chi connectivity index (χ4n) is 2.34. The molecule has 23 heavy (non-hydrogen) atoms. The third-order valence-electron chi connectivity index (χ3n) is 3.52. The van der Waals surface area contributed by atoms with Gasteiger partial charge in [-0.3, -0.25) is 4.79 Å². The van der Waals surface area contributed by atoms with Gasteiger partial charge in [0.2, 0.25) is 0 Å². The van der Waals surface area contributed by atoms with Crippen LogP contribution in [-0.4, -0.2) is 41.3 Å². The molecule has 0 unspecified atom stereocenters. The Morgan fingerprint density at radius 3 is 2.43 bits per heavy atom. The summed E-state index contributed by atoms with van der Waals surface area (Å²) in [5.41, 5.74) is -0.208. The number of carboxylic acids is 1. The van der Waals surface area contributed by atoms with E-state index >= 15 is 0 Å². The van der Waals surface area contributed by atoms with Crippen molar-refractivity contribution < 1.29 is 32.3 Å². The van der Waals surface area contributed by atoms with Crippen molar-refractivity contribution in [1.82, 2.24) is 4.90 Å². The predicted molar refractivity (Wildman–Crippen MR) is 75.4 cm³/mol. The Labute approximate surface area is 136 Å². The number of carbonyl (C=O) groups is 2. The minimum atomic E-state index is -4.74. The average molecular weight is 399 g/mol. The number of likely N-dealkylation sites (tertiary alicyclic amines) is 1. The Morgan fingerprint density at radius 2 is 1.96 bits per heavy atom. The number of amides is 2. The Morgan fingerprint density at radius 1 is 1.30 bits per heavy atom. The maximum atomic E-state index is 13.6. The van der Waals surface area contributed by atoms with Crippen molar-refractivity contribution in [2.24, 2.45) is 11.8 Å². The first-order valence-electron chi connectivity index (χ1n) is 6.40. The van der Waals surface area contributed by atoms with Crippen molar-refractivity contribution in [2.45, 2.75) is 6.18 Å². The first kappa shape index (κ1) is 17.5. The van der Waals surface area contributed by atoms with Gasteiger partial charge in [-0.1, -0.05) is 15.9 Å². The minimum absolute atomic E-state index is 0.208. The highest BCUT2D eigenvalue weighted by Gasteiger charge is 2.53. The van der Waals surface area contributed by atoms with Gasteiger partial charge in [-0.25, -0.2) is 9.18 Å². The van der Waals surface area contributed by atoms with E-state index in [0.717, 1.165) is 11.0 Å². The summed E-state index contributed by atoms with van der Waals surface area (Å²) in [7, 11) is 0. The van der Waals surface area contributed by atoms with E-state index in [-0.39, 0.29) is 5.69 Å². The number of carboxylic acid groups (broad SMARTS) is 1. The van der Waals surface area contributed by atoms with Crippen LogP contribution in [0.1, 0.15) is 0 Å². The number of hydrogen-bond donors (Lipinski definition) is 2. The van der Waals surface area contributed by atoms with Crippen LogP contribution in [0.15, 0.2) is 22.7 Å². The number of nitrogens with zero attached hydrogens (tertiary/aromatic N) is 1. The summed E-state index contributed by atoms with van der Waals surface area (Å²) in [6.45, 7) is -1.38. The summed E-state index contributed by atoms with van der Waals surface area (Å²) in [6, 6.07) is 2.78. The topological polar surface area (TPSA) is 69.6 Å². The van der Waals surface area contributed by atoms with Crippen molar-refractivity contribution in [3.8, 4) is 0 Å². The molecule has 1 saturated heterocycles. The van der Waals surface area contributed by atoms with E-state index in [1.165, 1.54) is 12.1 Å². The largest absolute Gasteiger partial charge is 0.481 e. The van der Waals surface area contributed by atoms with Gasteiger partial charge in [0.15, 0.2) is 0 Å². The molecule has 1 heterocycles. The highest BCUT2D eigenvalue weighted by Crippen LogP contribution is 2.38. The van der Waals surface area contributed by atoms with Gasteiger partial charge in [0.05, 0.1) is 17.5 Å². The van der Waals surface area contributed by atoms with Gasteiger partial charge in [0.25, 0.3) is 0 Å².